The maximum Gasteiger partial charge on any atom is 0.167 e. The predicted octanol–water partition coefficient (Wildman–Crippen LogP) is 1.000. The fourth-order valence-electron chi connectivity index (χ4n) is 4.29. The molecule has 1 aromatic carbocycles. The number of aliphatic hydroxyl groups excluding tert-OH is 2. The second-order valence-electron chi connectivity index (χ2n) is 8.57. The van der Waals surface area contributed by atoms with Crippen molar-refractivity contribution in [1.29, 1.82) is 0 Å². The number of methoxy groups -OCH3 is 2. The Labute approximate surface area is 198 Å². The van der Waals surface area contributed by atoms with Gasteiger partial charge < -0.3 is 35.1 Å². The summed E-state index contributed by atoms with van der Waals surface area (Å²) in [4.78, 5) is 14.4. The molecule has 0 aliphatic carbocycles. The maximum atomic E-state index is 10.6. The molecule has 1 aliphatic heterocycles. The summed E-state index contributed by atoms with van der Waals surface area (Å²) in [6.45, 7) is 1.30. The number of rotatable bonds is 10. The average Bonchev–Trinajstić information content (AvgIpc) is 3.39. The number of anilines is 1. The number of nitrogens with zero attached hydrogens (tertiary/aromatic N) is 5. The maximum absolute atomic E-state index is 10.6. The third kappa shape index (κ3) is 5.07. The zero-order valence-electron chi connectivity index (χ0n) is 19.7. The summed E-state index contributed by atoms with van der Waals surface area (Å²) < 4.78 is 18.3. The van der Waals surface area contributed by atoms with Crippen LogP contribution in [0, 0.1) is 0 Å². The largest absolute Gasteiger partial charge is 0.497 e. The lowest BCUT2D eigenvalue weighted by Gasteiger charge is -2.22. The van der Waals surface area contributed by atoms with E-state index in [2.05, 4.69) is 19.9 Å². The Bertz CT molecular complexity index is 1090. The fraction of sp³-hybridized carbons (Fsp3) is 0.522. The summed E-state index contributed by atoms with van der Waals surface area (Å²) in [5, 5.41) is 21.2. The number of aryl methyl sites for hydroxylation is 1. The smallest absolute Gasteiger partial charge is 0.167 e. The Hall–Kier alpha value is -2.99. The molecule has 0 unspecified atom stereocenters. The molecule has 4 atom stereocenters. The third-order valence-corrected chi connectivity index (χ3v) is 6.16. The van der Waals surface area contributed by atoms with Gasteiger partial charge in [0.1, 0.15) is 41.7 Å². The Kier molecular flexibility index (Phi) is 7.47. The number of fused-ring (bicyclic) bond motifs is 1. The van der Waals surface area contributed by atoms with Crippen LogP contribution in [0.3, 0.4) is 0 Å². The van der Waals surface area contributed by atoms with E-state index >= 15 is 0 Å². The summed E-state index contributed by atoms with van der Waals surface area (Å²) in [6.07, 6.45) is 2.18. The minimum Gasteiger partial charge on any atom is -0.497 e. The number of unbranched alkanes of at least 4 members (excludes halogenated alkanes) is 1. The number of nitrogens with two attached hydrogens (primary N) is 1. The Morgan fingerprint density at radius 3 is 2.50 bits per heavy atom. The molecule has 0 spiro atoms. The van der Waals surface area contributed by atoms with Crippen LogP contribution in [0.2, 0.25) is 0 Å². The van der Waals surface area contributed by atoms with Gasteiger partial charge in [-0.3, -0.25) is 4.57 Å². The summed E-state index contributed by atoms with van der Waals surface area (Å²) >= 11 is 0. The second kappa shape index (κ2) is 10.5. The van der Waals surface area contributed by atoms with E-state index in [4.69, 9.17) is 19.9 Å². The normalized spacial score (nSPS) is 22.5. The quantitative estimate of drug-likeness (QED) is 0.366. The van der Waals surface area contributed by atoms with Gasteiger partial charge in [-0.1, -0.05) is 0 Å². The lowest BCUT2D eigenvalue weighted by molar-refractivity contribution is -0.0422. The second-order valence-corrected chi connectivity index (χ2v) is 8.57. The van der Waals surface area contributed by atoms with E-state index in [0.29, 0.717) is 17.7 Å². The van der Waals surface area contributed by atoms with Crippen molar-refractivity contribution in [3.05, 3.63) is 36.4 Å². The van der Waals surface area contributed by atoms with Gasteiger partial charge in [0, 0.05) is 12.6 Å². The van der Waals surface area contributed by atoms with Gasteiger partial charge >= 0.3 is 0 Å². The molecule has 0 saturated carbocycles. The standard InChI is InChI=1S/C23H32N6O5/c1-28(7-5-4-6-14-8-15(32-2)10-16(9-14)33-3)11-17-19(30)20(31)23(34-17)29-13-27-18-21(24)25-12-26-22(18)29/h8-10,12-13,17,19-20,23,30-31H,4-7,11H2,1-3H3,(H2,24,25,26)/t17-,19-,20-,23-/m1/s1. The highest BCUT2D eigenvalue weighted by Crippen LogP contribution is 2.32. The van der Waals surface area contributed by atoms with E-state index in [1.807, 2.05) is 25.2 Å². The highest BCUT2D eigenvalue weighted by molar-refractivity contribution is 5.81. The minimum absolute atomic E-state index is 0.250. The minimum atomic E-state index is -1.12. The van der Waals surface area contributed by atoms with Crippen LogP contribution in [0.4, 0.5) is 5.82 Å². The molecule has 0 bridgehead atoms. The lowest BCUT2D eigenvalue weighted by atomic mass is 10.1. The zero-order chi connectivity index (χ0) is 24.2. The molecular formula is C23H32N6O5. The number of ether oxygens (including phenoxy) is 3. The molecule has 1 fully saturated rings. The Morgan fingerprint density at radius 2 is 1.79 bits per heavy atom. The van der Waals surface area contributed by atoms with Crippen molar-refractivity contribution in [2.45, 2.75) is 43.8 Å². The van der Waals surface area contributed by atoms with Gasteiger partial charge in [-0.2, -0.15) is 0 Å². The molecule has 11 heteroatoms. The number of likely N-dealkylation sites (N-methyl/N-ethyl adjacent to an activating group) is 1. The van der Waals surface area contributed by atoms with Crippen LogP contribution in [-0.2, 0) is 11.2 Å². The Balaban J connectivity index is 1.29. The molecule has 0 radical (unpaired) electrons. The van der Waals surface area contributed by atoms with Crippen molar-refractivity contribution in [3.63, 3.8) is 0 Å². The molecule has 1 aliphatic rings. The summed E-state index contributed by atoms with van der Waals surface area (Å²) in [5.74, 6) is 1.82. The van der Waals surface area contributed by atoms with E-state index in [0.717, 1.165) is 42.9 Å². The van der Waals surface area contributed by atoms with Crippen LogP contribution in [0.5, 0.6) is 11.5 Å². The monoisotopic (exact) mass is 472 g/mol. The first-order chi connectivity index (χ1) is 16.4. The molecule has 34 heavy (non-hydrogen) atoms. The highest BCUT2D eigenvalue weighted by atomic mass is 16.6. The summed E-state index contributed by atoms with van der Waals surface area (Å²) in [7, 11) is 5.27. The first-order valence-corrected chi connectivity index (χ1v) is 11.3. The van der Waals surface area contributed by atoms with Gasteiger partial charge in [0.05, 0.1) is 20.5 Å². The van der Waals surface area contributed by atoms with Gasteiger partial charge in [-0.25, -0.2) is 15.0 Å². The van der Waals surface area contributed by atoms with Gasteiger partial charge in [-0.15, -0.1) is 0 Å². The average molecular weight is 473 g/mol. The van der Waals surface area contributed by atoms with Crippen LogP contribution in [0.25, 0.3) is 11.2 Å². The van der Waals surface area contributed by atoms with Crippen molar-refractivity contribution >= 4 is 17.0 Å². The molecule has 2 aromatic heterocycles. The van der Waals surface area contributed by atoms with Gasteiger partial charge in [0.2, 0.25) is 0 Å². The SMILES string of the molecule is COc1cc(CCCCN(C)C[C@H]2O[C@@H](n3cnc4c(N)ncnc43)[C@H](O)[C@@H]2O)cc(OC)c1. The lowest BCUT2D eigenvalue weighted by Crippen LogP contribution is -2.38. The van der Waals surface area contributed by atoms with E-state index in [1.54, 1.807) is 18.8 Å². The van der Waals surface area contributed by atoms with Crippen LogP contribution in [-0.4, -0.2) is 87.3 Å². The number of nitrogen functional groups attached to an aromatic ring is 1. The summed E-state index contributed by atoms with van der Waals surface area (Å²) in [6, 6.07) is 5.91. The number of hydrogen-bond donors (Lipinski definition) is 3. The van der Waals surface area contributed by atoms with Crippen molar-refractivity contribution in [1.82, 2.24) is 24.4 Å². The number of hydrogen-bond acceptors (Lipinski definition) is 10. The zero-order valence-corrected chi connectivity index (χ0v) is 19.7. The fourth-order valence-corrected chi connectivity index (χ4v) is 4.29. The van der Waals surface area contributed by atoms with Crippen LogP contribution in [0.15, 0.2) is 30.9 Å². The van der Waals surface area contributed by atoms with Crippen molar-refractivity contribution in [2.24, 2.45) is 0 Å². The first-order valence-electron chi connectivity index (χ1n) is 11.3. The first kappa shape index (κ1) is 24.1. The molecule has 11 nitrogen and oxygen atoms in total. The molecule has 184 valence electrons. The molecule has 3 heterocycles. The molecule has 3 aromatic rings. The molecule has 0 amide bonds. The number of aliphatic hydroxyl groups is 2. The highest BCUT2D eigenvalue weighted by Gasteiger charge is 2.44. The molecule has 4 rings (SSSR count). The Morgan fingerprint density at radius 1 is 1.06 bits per heavy atom. The van der Waals surface area contributed by atoms with Crippen LogP contribution >= 0.6 is 0 Å². The van der Waals surface area contributed by atoms with Gasteiger partial charge in [0.25, 0.3) is 0 Å². The number of imidazole rings is 1. The number of aromatic nitrogens is 4. The third-order valence-electron chi connectivity index (χ3n) is 6.16. The summed E-state index contributed by atoms with van der Waals surface area (Å²) in [5.41, 5.74) is 7.90. The van der Waals surface area contributed by atoms with Crippen molar-refractivity contribution in [3.8, 4) is 11.5 Å². The van der Waals surface area contributed by atoms with Gasteiger partial charge in [-0.05, 0) is 50.6 Å². The number of benzene rings is 1. The van der Waals surface area contributed by atoms with E-state index in [-0.39, 0.29) is 5.82 Å². The molecule has 1 saturated heterocycles. The van der Waals surface area contributed by atoms with Crippen molar-refractivity contribution < 1.29 is 24.4 Å². The van der Waals surface area contributed by atoms with Crippen LogP contribution < -0.4 is 15.2 Å². The predicted molar refractivity (Wildman–Crippen MR) is 126 cm³/mol. The van der Waals surface area contributed by atoms with Crippen LogP contribution in [0.1, 0.15) is 24.6 Å². The molecule has 4 N–H and O–H groups in total. The molecular weight excluding hydrogens is 440 g/mol. The van der Waals surface area contributed by atoms with E-state index in [1.165, 1.54) is 12.7 Å². The van der Waals surface area contributed by atoms with E-state index in [9.17, 15) is 10.2 Å². The van der Waals surface area contributed by atoms with E-state index < -0.39 is 24.5 Å². The van der Waals surface area contributed by atoms with Crippen molar-refractivity contribution in [2.75, 3.05) is 40.1 Å². The topological polar surface area (TPSA) is 141 Å². The van der Waals surface area contributed by atoms with Gasteiger partial charge in [0.15, 0.2) is 17.7 Å².